The van der Waals surface area contributed by atoms with E-state index in [2.05, 4.69) is 29.6 Å². The molecule has 3 fully saturated rings. The van der Waals surface area contributed by atoms with Gasteiger partial charge in [0.15, 0.2) is 0 Å². The smallest absolute Gasteiger partial charge is 0.253 e. The van der Waals surface area contributed by atoms with Crippen molar-refractivity contribution in [2.45, 2.75) is 38.0 Å². The molecule has 1 unspecified atom stereocenters. The van der Waals surface area contributed by atoms with Crippen LogP contribution in [0.1, 0.15) is 35.2 Å². The van der Waals surface area contributed by atoms with Crippen LogP contribution in [0.5, 0.6) is 0 Å². The van der Waals surface area contributed by atoms with E-state index in [1.165, 1.54) is 24.0 Å². The molecule has 0 bridgehead atoms. The summed E-state index contributed by atoms with van der Waals surface area (Å²) in [7, 11) is 0. The summed E-state index contributed by atoms with van der Waals surface area (Å²) < 4.78 is 5.30. The molecule has 2 aliphatic heterocycles. The fourth-order valence-electron chi connectivity index (χ4n) is 4.16. The van der Waals surface area contributed by atoms with Gasteiger partial charge in [0.25, 0.3) is 11.8 Å². The Balaban J connectivity index is 1.18. The van der Waals surface area contributed by atoms with Crippen molar-refractivity contribution >= 4 is 11.8 Å². The number of benzene rings is 2. The van der Waals surface area contributed by atoms with Crippen LogP contribution in [0, 0.1) is 0 Å². The third-order valence-corrected chi connectivity index (χ3v) is 6.42. The SMILES string of the molecule is O=C(c1ccc(-c2cccc(CNC3CC3)c2)cc1)N1CCN(C(=O)C2CCO2)CC1. The van der Waals surface area contributed by atoms with E-state index in [0.717, 1.165) is 18.5 Å². The summed E-state index contributed by atoms with van der Waals surface area (Å²) in [6.07, 6.45) is 3.12. The molecular weight excluding hydrogens is 390 g/mol. The lowest BCUT2D eigenvalue weighted by Gasteiger charge is -2.38. The van der Waals surface area contributed by atoms with Crippen LogP contribution in [0.3, 0.4) is 0 Å². The first-order chi connectivity index (χ1) is 15.2. The highest BCUT2D eigenvalue weighted by Crippen LogP contribution is 2.24. The quantitative estimate of drug-likeness (QED) is 0.782. The Morgan fingerprint density at radius 1 is 0.903 bits per heavy atom. The predicted molar refractivity (Wildman–Crippen MR) is 119 cm³/mol. The van der Waals surface area contributed by atoms with Crippen molar-refractivity contribution in [1.29, 1.82) is 0 Å². The van der Waals surface area contributed by atoms with Gasteiger partial charge in [0, 0.05) is 50.7 Å². The van der Waals surface area contributed by atoms with Gasteiger partial charge in [-0.15, -0.1) is 0 Å². The normalized spacial score (nSPS) is 21.0. The van der Waals surface area contributed by atoms with Crippen LogP contribution in [0.25, 0.3) is 11.1 Å². The van der Waals surface area contributed by atoms with E-state index in [0.29, 0.717) is 44.4 Å². The second-order valence-electron chi connectivity index (χ2n) is 8.70. The van der Waals surface area contributed by atoms with Crippen LogP contribution in [0.4, 0.5) is 0 Å². The van der Waals surface area contributed by atoms with Crippen molar-refractivity contribution < 1.29 is 14.3 Å². The summed E-state index contributed by atoms with van der Waals surface area (Å²) in [5.41, 5.74) is 4.25. The zero-order valence-electron chi connectivity index (χ0n) is 17.8. The van der Waals surface area contributed by atoms with Crippen LogP contribution in [0.2, 0.25) is 0 Å². The van der Waals surface area contributed by atoms with Gasteiger partial charge in [0.1, 0.15) is 6.10 Å². The molecule has 31 heavy (non-hydrogen) atoms. The maximum atomic E-state index is 12.9. The first-order valence-corrected chi connectivity index (χ1v) is 11.3. The fraction of sp³-hybridized carbons (Fsp3) is 0.440. The highest BCUT2D eigenvalue weighted by atomic mass is 16.5. The van der Waals surface area contributed by atoms with Crippen molar-refractivity contribution in [3.05, 3.63) is 59.7 Å². The Bertz CT molecular complexity index is 943. The minimum absolute atomic E-state index is 0.0286. The molecule has 2 heterocycles. The molecule has 2 aromatic rings. The number of ether oxygens (including phenoxy) is 1. The Labute approximate surface area is 183 Å². The van der Waals surface area contributed by atoms with Crippen LogP contribution in [0.15, 0.2) is 48.5 Å². The van der Waals surface area contributed by atoms with Gasteiger partial charge in [-0.3, -0.25) is 9.59 Å². The maximum Gasteiger partial charge on any atom is 0.253 e. The molecule has 2 aromatic carbocycles. The Morgan fingerprint density at radius 3 is 2.26 bits per heavy atom. The molecule has 0 spiro atoms. The highest BCUT2D eigenvalue weighted by Gasteiger charge is 2.33. The van der Waals surface area contributed by atoms with Gasteiger partial charge in [0.2, 0.25) is 0 Å². The molecule has 0 aromatic heterocycles. The molecule has 162 valence electrons. The van der Waals surface area contributed by atoms with Crippen LogP contribution in [-0.4, -0.2) is 66.5 Å². The summed E-state index contributed by atoms with van der Waals surface area (Å²) in [5, 5.41) is 3.55. The monoisotopic (exact) mass is 419 g/mol. The van der Waals surface area contributed by atoms with Crippen molar-refractivity contribution in [3.8, 4) is 11.1 Å². The van der Waals surface area contributed by atoms with E-state index in [1.54, 1.807) is 0 Å². The number of rotatable bonds is 6. The molecule has 1 atom stereocenters. The average Bonchev–Trinajstić information content (AvgIpc) is 3.61. The average molecular weight is 420 g/mol. The number of carbonyl (C=O) groups is 2. The zero-order valence-corrected chi connectivity index (χ0v) is 17.8. The molecule has 0 radical (unpaired) electrons. The van der Waals surface area contributed by atoms with Gasteiger partial charge in [-0.1, -0.05) is 30.3 Å². The van der Waals surface area contributed by atoms with Crippen LogP contribution < -0.4 is 5.32 Å². The van der Waals surface area contributed by atoms with E-state index >= 15 is 0 Å². The number of amides is 2. The van der Waals surface area contributed by atoms with Crippen molar-refractivity contribution in [2.24, 2.45) is 0 Å². The largest absolute Gasteiger partial charge is 0.368 e. The molecule has 6 heteroatoms. The van der Waals surface area contributed by atoms with E-state index in [9.17, 15) is 9.59 Å². The molecule has 2 amide bonds. The summed E-state index contributed by atoms with van der Waals surface area (Å²) >= 11 is 0. The zero-order chi connectivity index (χ0) is 21.2. The van der Waals surface area contributed by atoms with Gasteiger partial charge >= 0.3 is 0 Å². The number of hydrogen-bond acceptors (Lipinski definition) is 4. The summed E-state index contributed by atoms with van der Waals surface area (Å²) in [6, 6.07) is 17.1. The third-order valence-electron chi connectivity index (χ3n) is 6.42. The first kappa shape index (κ1) is 20.2. The predicted octanol–water partition coefficient (Wildman–Crippen LogP) is 2.68. The molecule has 3 aliphatic rings. The molecule has 2 saturated heterocycles. The highest BCUT2D eigenvalue weighted by molar-refractivity contribution is 5.95. The second kappa shape index (κ2) is 8.81. The molecule has 6 nitrogen and oxygen atoms in total. The maximum absolute atomic E-state index is 12.9. The first-order valence-electron chi connectivity index (χ1n) is 11.3. The molecular formula is C25H29N3O3. The number of piperazine rings is 1. The fourth-order valence-corrected chi connectivity index (χ4v) is 4.16. The summed E-state index contributed by atoms with van der Waals surface area (Å²) in [4.78, 5) is 28.9. The summed E-state index contributed by atoms with van der Waals surface area (Å²) in [5.74, 6) is 0.0955. The second-order valence-corrected chi connectivity index (χ2v) is 8.70. The lowest BCUT2D eigenvalue weighted by Crippen LogP contribution is -2.54. The Hall–Kier alpha value is -2.70. The Morgan fingerprint density at radius 2 is 1.61 bits per heavy atom. The lowest BCUT2D eigenvalue weighted by molar-refractivity contribution is -0.157. The van der Waals surface area contributed by atoms with Crippen LogP contribution >= 0.6 is 0 Å². The summed E-state index contributed by atoms with van der Waals surface area (Å²) in [6.45, 7) is 3.85. The van der Waals surface area contributed by atoms with Crippen LogP contribution in [-0.2, 0) is 16.1 Å². The van der Waals surface area contributed by atoms with Gasteiger partial charge in [-0.05, 0) is 47.7 Å². The standard InChI is InChI=1S/C25H29N3O3/c29-24(27-11-13-28(14-12-27)25(30)23-10-15-31-23)20-6-4-19(5-7-20)21-3-1-2-18(16-21)17-26-22-8-9-22/h1-7,16,22-23,26H,8-15,17H2. The van der Waals surface area contributed by atoms with E-state index in [-0.39, 0.29) is 17.9 Å². The number of carbonyl (C=O) groups excluding carboxylic acids is 2. The van der Waals surface area contributed by atoms with Crippen molar-refractivity contribution in [1.82, 2.24) is 15.1 Å². The minimum atomic E-state index is -0.266. The number of nitrogens with one attached hydrogen (secondary N) is 1. The molecule has 1 saturated carbocycles. The Kier molecular flexibility index (Phi) is 5.74. The van der Waals surface area contributed by atoms with Gasteiger partial charge in [0.05, 0.1) is 6.61 Å². The lowest BCUT2D eigenvalue weighted by atomic mass is 10.0. The number of nitrogens with zero attached hydrogens (tertiary/aromatic N) is 2. The van der Waals surface area contributed by atoms with E-state index in [1.807, 2.05) is 34.1 Å². The van der Waals surface area contributed by atoms with Gasteiger partial charge < -0.3 is 19.9 Å². The van der Waals surface area contributed by atoms with Crippen molar-refractivity contribution in [3.63, 3.8) is 0 Å². The topological polar surface area (TPSA) is 61.9 Å². The molecule has 5 rings (SSSR count). The van der Waals surface area contributed by atoms with Gasteiger partial charge in [-0.2, -0.15) is 0 Å². The number of hydrogen-bond donors (Lipinski definition) is 1. The minimum Gasteiger partial charge on any atom is -0.368 e. The molecule has 1 N–H and O–H groups in total. The van der Waals surface area contributed by atoms with E-state index in [4.69, 9.17) is 4.74 Å². The van der Waals surface area contributed by atoms with Gasteiger partial charge in [-0.25, -0.2) is 0 Å². The third kappa shape index (κ3) is 4.65. The molecule has 1 aliphatic carbocycles. The van der Waals surface area contributed by atoms with E-state index < -0.39 is 0 Å². The van der Waals surface area contributed by atoms with Crippen molar-refractivity contribution in [2.75, 3.05) is 32.8 Å².